The van der Waals surface area contributed by atoms with Gasteiger partial charge in [-0.2, -0.15) is 0 Å². The average molecular weight is 634 g/mol. The van der Waals surface area contributed by atoms with Gasteiger partial charge in [-0.25, -0.2) is 9.97 Å². The molecule has 0 fully saturated rings. The van der Waals surface area contributed by atoms with Crippen LogP contribution in [-0.2, 0) is 13.1 Å². The second kappa shape index (κ2) is 16.2. The van der Waals surface area contributed by atoms with E-state index in [1.807, 2.05) is 12.1 Å². The fourth-order valence-corrected chi connectivity index (χ4v) is 5.47. The fourth-order valence-electron chi connectivity index (χ4n) is 5.47. The molecule has 0 saturated carbocycles. The van der Waals surface area contributed by atoms with Gasteiger partial charge < -0.3 is 29.7 Å². The van der Waals surface area contributed by atoms with E-state index in [2.05, 4.69) is 140 Å². The molecule has 0 spiro atoms. The Morgan fingerprint density at radius 3 is 1.72 bits per heavy atom. The summed E-state index contributed by atoms with van der Waals surface area (Å²) < 4.78 is 7.53. The van der Waals surface area contributed by atoms with Crippen molar-refractivity contribution in [3.63, 3.8) is 0 Å². The molecule has 248 valence electrons. The largest absolute Gasteiger partial charge is 0.497 e. The van der Waals surface area contributed by atoms with Gasteiger partial charge in [0.25, 0.3) is 0 Å². The van der Waals surface area contributed by atoms with E-state index in [0.717, 1.165) is 78.3 Å². The lowest BCUT2D eigenvalue weighted by Crippen LogP contribution is -2.28. The number of hydrogen-bond donors (Lipinski definition) is 2. The van der Waals surface area contributed by atoms with Gasteiger partial charge in [-0.3, -0.25) is 0 Å². The number of fused-ring (bicyclic) bond motifs is 1. The highest BCUT2D eigenvalue weighted by molar-refractivity contribution is 5.93. The molecule has 2 N–H and O–H groups in total. The van der Waals surface area contributed by atoms with Crippen LogP contribution in [-0.4, -0.2) is 84.8 Å². The first-order valence-corrected chi connectivity index (χ1v) is 16.7. The number of benzene rings is 3. The molecule has 5 rings (SSSR count). The molecule has 0 aliphatic heterocycles. The minimum Gasteiger partial charge on any atom is -0.497 e. The highest BCUT2D eigenvalue weighted by Crippen LogP contribution is 2.32. The van der Waals surface area contributed by atoms with Crippen molar-refractivity contribution in [2.24, 2.45) is 0 Å². The van der Waals surface area contributed by atoms with E-state index in [-0.39, 0.29) is 0 Å². The van der Waals surface area contributed by atoms with Crippen LogP contribution in [0.25, 0.3) is 39.4 Å². The van der Waals surface area contributed by atoms with E-state index in [4.69, 9.17) is 14.7 Å². The van der Waals surface area contributed by atoms with Crippen molar-refractivity contribution in [1.29, 1.82) is 0 Å². The van der Waals surface area contributed by atoms with Gasteiger partial charge in [-0.05, 0) is 109 Å². The second-order valence-corrected chi connectivity index (χ2v) is 13.0. The Labute approximate surface area is 280 Å². The number of rotatable bonds is 16. The van der Waals surface area contributed by atoms with Crippen molar-refractivity contribution in [1.82, 2.24) is 35.0 Å². The number of nitrogens with one attached hydrogen (secondary N) is 2. The van der Waals surface area contributed by atoms with Crippen molar-refractivity contribution in [2.45, 2.75) is 51.9 Å². The van der Waals surface area contributed by atoms with Crippen LogP contribution < -0.4 is 15.4 Å². The molecule has 0 saturated heterocycles. The van der Waals surface area contributed by atoms with Crippen molar-refractivity contribution in [3.05, 3.63) is 96.2 Å². The SMILES string of the molecule is COc1ccc(-n2ccc3c(-c4ccc(CNCCC(C)N(C)C)cc4)nc(-c4ccc(CNCCC(C)N(C)C)cc4)nc32)cc1. The van der Waals surface area contributed by atoms with Crippen LogP contribution in [0.15, 0.2) is 85.1 Å². The maximum Gasteiger partial charge on any atom is 0.162 e. The van der Waals surface area contributed by atoms with Crippen LogP contribution in [0.5, 0.6) is 5.75 Å². The summed E-state index contributed by atoms with van der Waals surface area (Å²) in [6.07, 6.45) is 4.31. The molecule has 8 heteroatoms. The Bertz CT molecular complexity index is 1690. The molecule has 2 heterocycles. The Hall–Kier alpha value is -4.08. The molecule has 0 aliphatic carbocycles. The lowest BCUT2D eigenvalue weighted by molar-refractivity contribution is 0.295. The highest BCUT2D eigenvalue weighted by Gasteiger charge is 2.16. The summed E-state index contributed by atoms with van der Waals surface area (Å²) in [5.74, 6) is 1.53. The number of hydrogen-bond acceptors (Lipinski definition) is 7. The molecular weight excluding hydrogens is 582 g/mol. The van der Waals surface area contributed by atoms with Gasteiger partial charge in [-0.15, -0.1) is 0 Å². The van der Waals surface area contributed by atoms with Gasteiger partial charge in [0, 0.05) is 53.6 Å². The zero-order valence-corrected chi connectivity index (χ0v) is 29.1. The van der Waals surface area contributed by atoms with E-state index >= 15 is 0 Å². The Morgan fingerprint density at radius 1 is 0.681 bits per heavy atom. The van der Waals surface area contributed by atoms with Gasteiger partial charge in [0.2, 0.25) is 0 Å². The van der Waals surface area contributed by atoms with Crippen LogP contribution in [0.1, 0.15) is 37.8 Å². The first kappa shape index (κ1) is 34.3. The summed E-state index contributed by atoms with van der Waals surface area (Å²) in [5, 5.41) is 8.19. The molecule has 2 unspecified atom stereocenters. The third-order valence-corrected chi connectivity index (χ3v) is 9.23. The third kappa shape index (κ3) is 8.84. The van der Waals surface area contributed by atoms with Crippen molar-refractivity contribution < 1.29 is 4.74 Å². The molecule has 0 aliphatic rings. The second-order valence-electron chi connectivity index (χ2n) is 13.0. The van der Waals surface area contributed by atoms with E-state index in [1.165, 1.54) is 11.1 Å². The first-order chi connectivity index (χ1) is 22.7. The zero-order valence-electron chi connectivity index (χ0n) is 29.1. The lowest BCUT2D eigenvalue weighted by atomic mass is 10.1. The standard InChI is InChI=1S/C39H51N7O/c1-28(44(3)4)20-23-40-26-30-8-12-32(13-9-30)37-36-22-25-46(34-16-18-35(47-7)19-17-34)39(36)43-38(42-37)33-14-10-31(11-15-33)27-41-24-21-29(2)45(5)6/h8-19,22,25,28-29,40-41H,20-21,23-24,26-27H2,1-7H3. The Kier molecular flexibility index (Phi) is 11.8. The summed E-state index contributed by atoms with van der Waals surface area (Å²) >= 11 is 0. The van der Waals surface area contributed by atoms with Gasteiger partial charge in [0.05, 0.1) is 12.8 Å². The average Bonchev–Trinajstić information content (AvgIpc) is 3.52. The molecule has 3 aromatic carbocycles. The van der Waals surface area contributed by atoms with E-state index in [0.29, 0.717) is 17.9 Å². The first-order valence-electron chi connectivity index (χ1n) is 16.7. The summed E-state index contributed by atoms with van der Waals surface area (Å²) in [6.45, 7) is 8.16. The molecule has 2 atom stereocenters. The van der Waals surface area contributed by atoms with Crippen molar-refractivity contribution >= 4 is 11.0 Å². The molecule has 0 amide bonds. The quantitative estimate of drug-likeness (QED) is 0.118. The van der Waals surface area contributed by atoms with E-state index in [9.17, 15) is 0 Å². The van der Waals surface area contributed by atoms with Crippen LogP contribution >= 0.6 is 0 Å². The smallest absolute Gasteiger partial charge is 0.162 e. The van der Waals surface area contributed by atoms with Crippen molar-refractivity contribution in [2.75, 3.05) is 48.4 Å². The fraction of sp³-hybridized carbons (Fsp3) is 0.385. The number of aromatic nitrogens is 3. The van der Waals surface area contributed by atoms with Crippen LogP contribution in [0.2, 0.25) is 0 Å². The minimum atomic E-state index is 0.554. The maximum atomic E-state index is 5.40. The van der Waals surface area contributed by atoms with Crippen molar-refractivity contribution in [3.8, 4) is 34.1 Å². The van der Waals surface area contributed by atoms with Crippen LogP contribution in [0.4, 0.5) is 0 Å². The molecule has 0 radical (unpaired) electrons. The summed E-state index contributed by atoms with van der Waals surface area (Å²) in [4.78, 5) is 14.8. The zero-order chi connectivity index (χ0) is 33.3. The van der Waals surface area contributed by atoms with Crippen LogP contribution in [0, 0.1) is 0 Å². The Morgan fingerprint density at radius 2 is 1.21 bits per heavy atom. The van der Waals surface area contributed by atoms with Gasteiger partial charge in [-0.1, -0.05) is 48.5 Å². The predicted molar refractivity (Wildman–Crippen MR) is 195 cm³/mol. The highest BCUT2D eigenvalue weighted by atomic mass is 16.5. The lowest BCUT2D eigenvalue weighted by Gasteiger charge is -2.19. The minimum absolute atomic E-state index is 0.554. The number of nitrogens with zero attached hydrogens (tertiary/aromatic N) is 5. The van der Waals surface area contributed by atoms with E-state index < -0.39 is 0 Å². The van der Waals surface area contributed by atoms with Gasteiger partial charge in [0.15, 0.2) is 5.82 Å². The number of methoxy groups -OCH3 is 1. The number of ether oxygens (including phenoxy) is 1. The summed E-state index contributed by atoms with van der Waals surface area (Å²) in [6, 6.07) is 28.7. The van der Waals surface area contributed by atoms with E-state index in [1.54, 1.807) is 7.11 Å². The Balaban J connectivity index is 1.40. The summed E-state index contributed by atoms with van der Waals surface area (Å²) in [7, 11) is 10.2. The van der Waals surface area contributed by atoms with Gasteiger partial charge in [0.1, 0.15) is 11.4 Å². The molecule has 5 aromatic rings. The monoisotopic (exact) mass is 633 g/mol. The topological polar surface area (TPSA) is 70.5 Å². The molecule has 8 nitrogen and oxygen atoms in total. The van der Waals surface area contributed by atoms with Crippen LogP contribution in [0.3, 0.4) is 0 Å². The van der Waals surface area contributed by atoms with Gasteiger partial charge >= 0.3 is 0 Å². The third-order valence-electron chi connectivity index (χ3n) is 9.23. The normalized spacial score (nSPS) is 13.0. The molecular formula is C39H51N7O. The summed E-state index contributed by atoms with van der Waals surface area (Å²) in [5.41, 5.74) is 7.39. The molecule has 0 bridgehead atoms. The molecule has 47 heavy (non-hydrogen) atoms. The maximum absolute atomic E-state index is 5.40. The molecule has 2 aromatic heterocycles. The predicted octanol–water partition coefficient (Wildman–Crippen LogP) is 6.62.